The number of hydrogen-bond donors (Lipinski definition) is 0. The Morgan fingerprint density at radius 2 is 1.89 bits per heavy atom. The lowest BCUT2D eigenvalue weighted by Gasteiger charge is -1.85. The van der Waals surface area contributed by atoms with Gasteiger partial charge in [0.05, 0.1) is 4.92 Å². The van der Waals surface area contributed by atoms with Gasteiger partial charge in [-0.25, -0.2) is 0 Å². The molecule has 3 nitrogen and oxygen atoms in total. The Kier molecular flexibility index (Phi) is 1.44. The second kappa shape index (κ2) is 2.26. The van der Waals surface area contributed by atoms with Crippen LogP contribution in [0.5, 0.6) is 0 Å². The SMILES string of the molecule is O=[N+]([O-])c1ccccc1.[HH]. The molecular formula is C6H7NO2. The average Bonchev–Trinajstić information content (AvgIpc) is 1.90. The highest BCUT2D eigenvalue weighted by molar-refractivity contribution is 5.27. The first kappa shape index (κ1) is 5.75. The lowest BCUT2D eigenvalue weighted by atomic mass is 10.3. The van der Waals surface area contributed by atoms with Gasteiger partial charge in [0.1, 0.15) is 0 Å². The van der Waals surface area contributed by atoms with E-state index in [1.54, 1.807) is 18.2 Å². The molecule has 0 spiro atoms. The van der Waals surface area contributed by atoms with Gasteiger partial charge >= 0.3 is 0 Å². The molecule has 0 radical (unpaired) electrons. The van der Waals surface area contributed by atoms with E-state index in [0.717, 1.165) is 0 Å². The van der Waals surface area contributed by atoms with E-state index in [2.05, 4.69) is 0 Å². The Morgan fingerprint density at radius 3 is 2.22 bits per heavy atom. The Hall–Kier alpha value is -1.38. The third-order valence-corrected chi connectivity index (χ3v) is 0.967. The maximum Gasteiger partial charge on any atom is 0.269 e. The molecular weight excluding hydrogens is 118 g/mol. The standard InChI is InChI=1S/C6H5NO2.H2/c8-7(9)6-4-2-1-3-5-6;/h1-5H;1H. The van der Waals surface area contributed by atoms with Gasteiger partial charge in [-0.1, -0.05) is 18.2 Å². The highest BCUT2D eigenvalue weighted by atomic mass is 16.6. The summed E-state index contributed by atoms with van der Waals surface area (Å²) in [6.45, 7) is 0. The summed E-state index contributed by atoms with van der Waals surface area (Å²) in [4.78, 5) is 9.59. The van der Waals surface area contributed by atoms with Gasteiger partial charge in [0.25, 0.3) is 5.69 Å². The maximum atomic E-state index is 10.0. The Morgan fingerprint density at radius 1 is 1.33 bits per heavy atom. The number of nitrogens with zero attached hydrogens (tertiary/aromatic N) is 1. The first-order chi connectivity index (χ1) is 4.30. The van der Waals surface area contributed by atoms with Gasteiger partial charge in [0, 0.05) is 13.6 Å². The van der Waals surface area contributed by atoms with Crippen molar-refractivity contribution in [3.8, 4) is 0 Å². The van der Waals surface area contributed by atoms with Gasteiger partial charge < -0.3 is 0 Å². The molecule has 1 aromatic carbocycles. The molecule has 0 N–H and O–H groups in total. The van der Waals surface area contributed by atoms with Gasteiger partial charge in [-0.2, -0.15) is 0 Å². The van der Waals surface area contributed by atoms with Crippen LogP contribution in [-0.2, 0) is 0 Å². The molecule has 48 valence electrons. The zero-order chi connectivity index (χ0) is 6.69. The van der Waals surface area contributed by atoms with Crippen molar-refractivity contribution in [2.75, 3.05) is 0 Å². The molecule has 0 unspecified atom stereocenters. The van der Waals surface area contributed by atoms with E-state index in [-0.39, 0.29) is 7.11 Å². The quantitative estimate of drug-likeness (QED) is 0.424. The number of nitro benzene ring substituents is 1. The van der Waals surface area contributed by atoms with Crippen LogP contribution in [0, 0.1) is 10.1 Å². The number of benzene rings is 1. The molecule has 0 atom stereocenters. The fourth-order valence-electron chi connectivity index (χ4n) is 0.550. The Bertz CT molecular complexity index is 212. The predicted octanol–water partition coefficient (Wildman–Crippen LogP) is 1.84. The second-order valence-corrected chi connectivity index (χ2v) is 1.59. The summed E-state index contributed by atoms with van der Waals surface area (Å²) in [5.41, 5.74) is 0.137. The molecule has 9 heavy (non-hydrogen) atoms. The summed E-state index contributed by atoms with van der Waals surface area (Å²) >= 11 is 0. The van der Waals surface area contributed by atoms with E-state index >= 15 is 0 Å². The minimum Gasteiger partial charge on any atom is -0.258 e. The van der Waals surface area contributed by atoms with E-state index in [0.29, 0.717) is 0 Å². The second-order valence-electron chi connectivity index (χ2n) is 1.59. The molecule has 0 saturated carbocycles. The van der Waals surface area contributed by atoms with Crippen LogP contribution in [0.3, 0.4) is 0 Å². The summed E-state index contributed by atoms with van der Waals surface area (Å²) in [5.74, 6) is 0. The molecule has 1 rings (SSSR count). The van der Waals surface area contributed by atoms with Crippen LogP contribution in [0.4, 0.5) is 5.69 Å². The molecule has 0 saturated heterocycles. The van der Waals surface area contributed by atoms with Crippen LogP contribution >= 0.6 is 0 Å². The molecule has 0 aliphatic carbocycles. The number of non-ortho nitro benzene ring substituents is 1. The predicted molar refractivity (Wildman–Crippen MR) is 35.2 cm³/mol. The number of rotatable bonds is 1. The van der Waals surface area contributed by atoms with E-state index in [1.807, 2.05) is 0 Å². The molecule has 0 bridgehead atoms. The highest BCUT2D eigenvalue weighted by Crippen LogP contribution is 2.06. The van der Waals surface area contributed by atoms with Gasteiger partial charge in [0.15, 0.2) is 0 Å². The number of hydrogen-bond acceptors (Lipinski definition) is 2. The molecule has 0 amide bonds. The zero-order valence-electron chi connectivity index (χ0n) is 4.65. The van der Waals surface area contributed by atoms with Crippen LogP contribution in [0.15, 0.2) is 30.3 Å². The fraction of sp³-hybridized carbons (Fsp3) is 0. The molecule has 0 aliphatic rings. The van der Waals surface area contributed by atoms with Crippen molar-refractivity contribution >= 4 is 5.69 Å². The van der Waals surface area contributed by atoms with Gasteiger partial charge in [0.2, 0.25) is 0 Å². The minimum absolute atomic E-state index is 0. The van der Waals surface area contributed by atoms with Crippen LogP contribution in [0.1, 0.15) is 1.43 Å². The summed E-state index contributed by atoms with van der Waals surface area (Å²) in [5, 5.41) is 10.0. The average molecular weight is 125 g/mol. The first-order valence-electron chi connectivity index (χ1n) is 2.50. The molecule has 0 heterocycles. The molecule has 0 aromatic heterocycles. The van der Waals surface area contributed by atoms with Crippen molar-refractivity contribution in [2.45, 2.75) is 0 Å². The normalized spacial score (nSPS) is 8.89. The monoisotopic (exact) mass is 125 g/mol. The first-order valence-corrected chi connectivity index (χ1v) is 2.50. The van der Waals surface area contributed by atoms with Crippen LogP contribution in [0.25, 0.3) is 0 Å². The van der Waals surface area contributed by atoms with E-state index in [9.17, 15) is 10.1 Å². The summed E-state index contributed by atoms with van der Waals surface area (Å²) in [7, 11) is 0. The third kappa shape index (κ3) is 1.25. The molecule has 1 aromatic rings. The van der Waals surface area contributed by atoms with E-state index in [1.165, 1.54) is 12.1 Å². The van der Waals surface area contributed by atoms with Crippen LogP contribution in [-0.4, -0.2) is 4.92 Å². The van der Waals surface area contributed by atoms with Gasteiger partial charge in [-0.15, -0.1) is 0 Å². The summed E-state index contributed by atoms with van der Waals surface area (Å²) < 4.78 is 0. The highest BCUT2D eigenvalue weighted by Gasteiger charge is 1.98. The minimum atomic E-state index is -0.417. The Labute approximate surface area is 53.6 Å². The summed E-state index contributed by atoms with van der Waals surface area (Å²) in [6, 6.07) is 7.93. The Balaban J connectivity index is 0.000000810. The van der Waals surface area contributed by atoms with Crippen molar-refractivity contribution in [2.24, 2.45) is 0 Å². The van der Waals surface area contributed by atoms with Crippen molar-refractivity contribution in [3.63, 3.8) is 0 Å². The van der Waals surface area contributed by atoms with Gasteiger partial charge in [-0.3, -0.25) is 10.1 Å². The van der Waals surface area contributed by atoms with Crippen molar-refractivity contribution < 1.29 is 6.35 Å². The lowest BCUT2D eigenvalue weighted by Crippen LogP contribution is -1.84. The maximum absolute atomic E-state index is 10.0. The zero-order valence-corrected chi connectivity index (χ0v) is 4.65. The van der Waals surface area contributed by atoms with Crippen molar-refractivity contribution in [3.05, 3.63) is 40.4 Å². The largest absolute Gasteiger partial charge is 0.269 e. The molecule has 0 aliphatic heterocycles. The van der Waals surface area contributed by atoms with E-state index < -0.39 is 4.92 Å². The van der Waals surface area contributed by atoms with Crippen molar-refractivity contribution in [1.82, 2.24) is 0 Å². The number of para-hydroxylation sites is 1. The lowest BCUT2D eigenvalue weighted by molar-refractivity contribution is -0.384. The molecule has 3 heteroatoms. The topological polar surface area (TPSA) is 43.1 Å². The van der Waals surface area contributed by atoms with Crippen molar-refractivity contribution in [1.29, 1.82) is 0 Å². The van der Waals surface area contributed by atoms with Gasteiger partial charge in [-0.05, 0) is 0 Å². The number of nitro groups is 1. The smallest absolute Gasteiger partial charge is 0.258 e. The third-order valence-electron chi connectivity index (χ3n) is 0.967. The van der Waals surface area contributed by atoms with Crippen LogP contribution in [0.2, 0.25) is 0 Å². The fourth-order valence-corrected chi connectivity index (χ4v) is 0.550. The van der Waals surface area contributed by atoms with E-state index in [4.69, 9.17) is 0 Å². The molecule has 0 fully saturated rings. The van der Waals surface area contributed by atoms with Crippen LogP contribution < -0.4 is 0 Å². The summed E-state index contributed by atoms with van der Waals surface area (Å²) in [6.07, 6.45) is 0.